The second kappa shape index (κ2) is 10.4. The number of carboxylic acids is 1. The fraction of sp³-hybridized carbons (Fsp3) is 0.115. The van der Waals surface area contributed by atoms with Gasteiger partial charge in [-0.3, -0.25) is 4.79 Å². The van der Waals surface area contributed by atoms with E-state index in [4.69, 9.17) is 9.84 Å². The smallest absolute Gasteiger partial charge is 0.408 e. The Morgan fingerprint density at radius 2 is 1.62 bits per heavy atom. The predicted octanol–water partition coefficient (Wildman–Crippen LogP) is 4.34. The number of hydrogen-bond donors (Lipinski definition) is 4. The molecule has 4 rings (SSSR count). The van der Waals surface area contributed by atoms with Crippen LogP contribution >= 0.6 is 0 Å². The maximum atomic E-state index is 13.1. The average Bonchev–Trinajstić information content (AvgIpc) is 3.26. The van der Waals surface area contributed by atoms with Gasteiger partial charge in [0.25, 0.3) is 0 Å². The van der Waals surface area contributed by atoms with Crippen molar-refractivity contribution in [1.29, 1.82) is 0 Å². The van der Waals surface area contributed by atoms with Gasteiger partial charge in [-0.05, 0) is 41.5 Å². The first-order valence-electron chi connectivity index (χ1n) is 10.7. The zero-order valence-electron chi connectivity index (χ0n) is 18.2. The highest BCUT2D eigenvalue weighted by Crippen LogP contribution is 2.20. The predicted molar refractivity (Wildman–Crippen MR) is 128 cm³/mol. The molecule has 0 saturated carbocycles. The van der Waals surface area contributed by atoms with E-state index in [-0.39, 0.29) is 18.6 Å². The molecule has 1 atom stereocenters. The van der Waals surface area contributed by atoms with E-state index < -0.39 is 24.0 Å². The number of nitrogens with one attached hydrogen (secondary N) is 3. The van der Waals surface area contributed by atoms with Crippen LogP contribution in [0.4, 0.5) is 10.5 Å². The normalized spacial score (nSPS) is 11.5. The zero-order valence-corrected chi connectivity index (χ0v) is 18.2. The Hall–Kier alpha value is -4.59. The third kappa shape index (κ3) is 5.60. The Balaban J connectivity index is 1.49. The SMILES string of the molecule is O=C(N[C@@H](Cc1c[nH]c2ccccc12)C(=O)Nc1ccc(C(=O)O)cc1)OCc1ccccc1. The van der Waals surface area contributed by atoms with Crippen LogP contribution in [0, 0.1) is 0 Å². The van der Waals surface area contributed by atoms with Crippen LogP contribution < -0.4 is 10.6 Å². The van der Waals surface area contributed by atoms with E-state index in [1.54, 1.807) is 0 Å². The molecule has 172 valence electrons. The third-order valence-corrected chi connectivity index (χ3v) is 5.32. The number of anilines is 1. The molecular weight excluding hydrogens is 434 g/mol. The summed E-state index contributed by atoms with van der Waals surface area (Å²) in [6.07, 6.45) is 1.32. The largest absolute Gasteiger partial charge is 0.478 e. The van der Waals surface area contributed by atoms with Crippen LogP contribution in [0.5, 0.6) is 0 Å². The highest BCUT2D eigenvalue weighted by Gasteiger charge is 2.24. The molecule has 4 N–H and O–H groups in total. The number of fused-ring (bicyclic) bond motifs is 1. The first kappa shape index (κ1) is 22.6. The molecule has 8 nitrogen and oxygen atoms in total. The van der Waals surface area contributed by atoms with Gasteiger partial charge >= 0.3 is 12.1 Å². The number of carbonyl (C=O) groups excluding carboxylic acids is 2. The van der Waals surface area contributed by atoms with E-state index in [1.807, 2.05) is 60.8 Å². The molecule has 1 aromatic heterocycles. The van der Waals surface area contributed by atoms with Crippen LogP contribution in [0.1, 0.15) is 21.5 Å². The minimum atomic E-state index is -1.06. The van der Waals surface area contributed by atoms with Crippen molar-refractivity contribution in [3.8, 4) is 0 Å². The Morgan fingerprint density at radius 3 is 2.35 bits per heavy atom. The van der Waals surface area contributed by atoms with Crippen LogP contribution in [0.3, 0.4) is 0 Å². The summed E-state index contributed by atoms with van der Waals surface area (Å²) in [5.41, 5.74) is 3.14. The number of ether oxygens (including phenoxy) is 1. The van der Waals surface area contributed by atoms with Gasteiger partial charge in [0.05, 0.1) is 5.56 Å². The number of benzene rings is 3. The van der Waals surface area contributed by atoms with Gasteiger partial charge in [-0.15, -0.1) is 0 Å². The average molecular weight is 457 g/mol. The summed E-state index contributed by atoms with van der Waals surface area (Å²) in [7, 11) is 0. The van der Waals surface area contributed by atoms with E-state index in [0.717, 1.165) is 22.0 Å². The number of rotatable bonds is 8. The van der Waals surface area contributed by atoms with Gasteiger partial charge < -0.3 is 25.5 Å². The number of alkyl carbamates (subject to hydrolysis) is 1. The molecule has 34 heavy (non-hydrogen) atoms. The van der Waals surface area contributed by atoms with Crippen LogP contribution in [0.25, 0.3) is 10.9 Å². The van der Waals surface area contributed by atoms with Gasteiger partial charge in [-0.1, -0.05) is 48.5 Å². The summed E-state index contributed by atoms with van der Waals surface area (Å²) in [5, 5.41) is 15.4. The first-order chi connectivity index (χ1) is 16.5. The molecule has 0 saturated heterocycles. The summed E-state index contributed by atoms with van der Waals surface area (Å²) in [5.74, 6) is -1.51. The molecule has 8 heteroatoms. The van der Waals surface area contributed by atoms with Gasteiger partial charge in [0.15, 0.2) is 0 Å². The fourth-order valence-corrected chi connectivity index (χ4v) is 3.56. The number of para-hydroxylation sites is 1. The molecule has 3 aromatic carbocycles. The molecule has 4 aromatic rings. The minimum absolute atomic E-state index is 0.0742. The Morgan fingerprint density at radius 1 is 0.912 bits per heavy atom. The molecule has 0 bridgehead atoms. The van der Waals surface area contributed by atoms with Gasteiger partial charge in [0.1, 0.15) is 12.6 Å². The number of aromatic nitrogens is 1. The van der Waals surface area contributed by atoms with E-state index in [9.17, 15) is 14.4 Å². The quantitative estimate of drug-likeness (QED) is 0.314. The lowest BCUT2D eigenvalue weighted by molar-refractivity contribution is -0.118. The molecule has 0 fully saturated rings. The minimum Gasteiger partial charge on any atom is -0.478 e. The lowest BCUT2D eigenvalue weighted by atomic mass is 10.0. The van der Waals surface area contributed by atoms with Gasteiger partial charge in [0, 0.05) is 29.2 Å². The number of aromatic carboxylic acids is 1. The maximum absolute atomic E-state index is 13.1. The summed E-state index contributed by atoms with van der Waals surface area (Å²) in [4.78, 5) is 39.8. The molecule has 0 aliphatic rings. The molecule has 2 amide bonds. The van der Waals surface area contributed by atoms with Crippen molar-refractivity contribution in [2.24, 2.45) is 0 Å². The lowest BCUT2D eigenvalue weighted by Gasteiger charge is -2.18. The zero-order chi connectivity index (χ0) is 23.9. The maximum Gasteiger partial charge on any atom is 0.408 e. The molecule has 1 heterocycles. The monoisotopic (exact) mass is 457 g/mol. The Bertz CT molecular complexity index is 1300. The first-order valence-corrected chi connectivity index (χ1v) is 10.7. The van der Waals surface area contributed by atoms with Gasteiger partial charge in [-0.2, -0.15) is 0 Å². The number of amides is 2. The van der Waals surface area contributed by atoms with Crippen LogP contribution in [-0.4, -0.2) is 34.1 Å². The van der Waals surface area contributed by atoms with Crippen molar-refractivity contribution in [2.75, 3.05) is 5.32 Å². The number of aromatic amines is 1. The molecular formula is C26H23N3O5. The van der Waals surface area contributed by atoms with E-state index >= 15 is 0 Å². The van der Waals surface area contributed by atoms with Crippen molar-refractivity contribution in [1.82, 2.24) is 10.3 Å². The number of carbonyl (C=O) groups is 3. The molecule has 0 unspecified atom stereocenters. The van der Waals surface area contributed by atoms with Crippen LogP contribution in [-0.2, 0) is 22.6 Å². The highest BCUT2D eigenvalue weighted by molar-refractivity contribution is 5.98. The second-order valence-electron chi connectivity index (χ2n) is 7.69. The Kier molecular flexibility index (Phi) is 6.88. The fourth-order valence-electron chi connectivity index (χ4n) is 3.56. The van der Waals surface area contributed by atoms with E-state index in [1.165, 1.54) is 24.3 Å². The van der Waals surface area contributed by atoms with Crippen molar-refractivity contribution < 1.29 is 24.2 Å². The van der Waals surface area contributed by atoms with Gasteiger partial charge in [0.2, 0.25) is 5.91 Å². The van der Waals surface area contributed by atoms with E-state index in [0.29, 0.717) is 5.69 Å². The standard InChI is InChI=1S/C26H23N3O5/c30-24(28-20-12-10-18(11-13-20)25(31)32)23(14-19-15-27-22-9-5-4-8-21(19)22)29-26(33)34-16-17-6-2-1-3-7-17/h1-13,15,23,27H,14,16H2,(H,28,30)(H,29,33)(H,31,32)/t23-/m0/s1. The van der Waals surface area contributed by atoms with Crippen LogP contribution in [0.2, 0.25) is 0 Å². The van der Waals surface area contributed by atoms with Gasteiger partial charge in [-0.25, -0.2) is 9.59 Å². The number of carboxylic acid groups (broad SMARTS) is 1. The topological polar surface area (TPSA) is 121 Å². The summed E-state index contributed by atoms with van der Waals surface area (Å²) in [6, 6.07) is 21.8. The van der Waals surface area contributed by atoms with Crippen molar-refractivity contribution in [3.05, 3.63) is 102 Å². The van der Waals surface area contributed by atoms with Crippen LogP contribution in [0.15, 0.2) is 85.1 Å². The van der Waals surface area contributed by atoms with Crippen molar-refractivity contribution >= 4 is 34.6 Å². The summed E-state index contributed by atoms with van der Waals surface area (Å²) >= 11 is 0. The summed E-state index contributed by atoms with van der Waals surface area (Å²) in [6.45, 7) is 0.0742. The highest BCUT2D eigenvalue weighted by atomic mass is 16.5. The molecule has 0 aliphatic carbocycles. The molecule has 0 spiro atoms. The summed E-state index contributed by atoms with van der Waals surface area (Å²) < 4.78 is 5.30. The second-order valence-corrected chi connectivity index (χ2v) is 7.69. The van der Waals surface area contributed by atoms with Crippen molar-refractivity contribution in [3.63, 3.8) is 0 Å². The van der Waals surface area contributed by atoms with Crippen molar-refractivity contribution in [2.45, 2.75) is 19.1 Å². The number of H-pyrrole nitrogens is 1. The number of hydrogen-bond acceptors (Lipinski definition) is 4. The molecule has 0 aliphatic heterocycles. The van der Waals surface area contributed by atoms with E-state index in [2.05, 4.69) is 15.6 Å². The lowest BCUT2D eigenvalue weighted by Crippen LogP contribution is -2.45. The molecule has 0 radical (unpaired) electrons. The Labute approximate surface area is 195 Å². The third-order valence-electron chi connectivity index (χ3n) is 5.32.